The molecule has 0 N–H and O–H groups in total. The maximum absolute atomic E-state index is 5.38. The summed E-state index contributed by atoms with van der Waals surface area (Å²) >= 11 is 0. The van der Waals surface area contributed by atoms with Gasteiger partial charge in [0.05, 0.1) is 12.3 Å². The average Bonchev–Trinajstić information content (AvgIpc) is 3.19. The molecule has 4 heterocycles. The highest BCUT2D eigenvalue weighted by atomic mass is 16.5. The third-order valence-corrected chi connectivity index (χ3v) is 3.59. The van der Waals surface area contributed by atoms with E-state index < -0.39 is 0 Å². The van der Waals surface area contributed by atoms with Crippen LogP contribution in [-0.4, -0.2) is 42.8 Å². The Morgan fingerprint density at radius 1 is 1.25 bits per heavy atom. The second kappa shape index (κ2) is 4.68. The summed E-state index contributed by atoms with van der Waals surface area (Å²) in [5.74, 6) is 1.22. The zero-order valence-electron chi connectivity index (χ0n) is 10.9. The summed E-state index contributed by atoms with van der Waals surface area (Å²) < 4.78 is 9.14. The Labute approximate surface area is 115 Å². The lowest BCUT2D eigenvalue weighted by molar-refractivity contribution is 0.193. The highest BCUT2D eigenvalue weighted by Gasteiger charge is 2.21. The third kappa shape index (κ3) is 1.96. The van der Waals surface area contributed by atoms with Crippen LogP contribution in [0.5, 0.6) is 0 Å². The van der Waals surface area contributed by atoms with E-state index in [1.54, 1.807) is 4.68 Å². The Balaban J connectivity index is 1.59. The van der Waals surface area contributed by atoms with Gasteiger partial charge in [0.2, 0.25) is 0 Å². The fraction of sp³-hybridized carbons (Fsp3) is 0.385. The normalized spacial score (nSPS) is 18.9. The van der Waals surface area contributed by atoms with Crippen LogP contribution in [-0.2, 0) is 11.3 Å². The number of nitrogens with zero attached hydrogens (tertiary/aromatic N) is 6. The van der Waals surface area contributed by atoms with Crippen LogP contribution in [0, 0.1) is 0 Å². The van der Waals surface area contributed by atoms with Gasteiger partial charge in [-0.3, -0.25) is 4.40 Å². The standard InChI is InChI=1S/C13H14N6O/c1-2-5-19-12(3-1)15-16-13(19)8-18-7-11(14-17-18)10-4-6-20-9-10/h1-3,5,7,10H,4,6,8-9H2/t10-/m0/s1. The first kappa shape index (κ1) is 11.5. The van der Waals surface area contributed by atoms with E-state index in [4.69, 9.17) is 4.74 Å². The molecule has 0 radical (unpaired) electrons. The zero-order chi connectivity index (χ0) is 13.4. The van der Waals surface area contributed by atoms with Crippen LogP contribution in [0.25, 0.3) is 5.65 Å². The summed E-state index contributed by atoms with van der Waals surface area (Å²) in [6.45, 7) is 2.12. The summed E-state index contributed by atoms with van der Waals surface area (Å²) in [6, 6.07) is 5.84. The van der Waals surface area contributed by atoms with Crippen molar-refractivity contribution in [1.82, 2.24) is 29.6 Å². The van der Waals surface area contributed by atoms with Gasteiger partial charge < -0.3 is 4.74 Å². The van der Waals surface area contributed by atoms with Crippen molar-refractivity contribution in [2.45, 2.75) is 18.9 Å². The van der Waals surface area contributed by atoms with Crippen molar-refractivity contribution in [2.24, 2.45) is 0 Å². The molecule has 1 fully saturated rings. The van der Waals surface area contributed by atoms with Crippen LogP contribution in [0.2, 0.25) is 0 Å². The maximum atomic E-state index is 5.38. The number of hydrogen-bond donors (Lipinski definition) is 0. The van der Waals surface area contributed by atoms with Gasteiger partial charge in [0.25, 0.3) is 0 Å². The number of rotatable bonds is 3. The van der Waals surface area contributed by atoms with Crippen molar-refractivity contribution in [2.75, 3.05) is 13.2 Å². The molecule has 0 saturated carbocycles. The van der Waals surface area contributed by atoms with Crippen LogP contribution < -0.4 is 0 Å². The first-order chi connectivity index (χ1) is 9.90. The molecule has 3 aromatic rings. The van der Waals surface area contributed by atoms with Crippen LogP contribution >= 0.6 is 0 Å². The molecule has 4 rings (SSSR count). The van der Waals surface area contributed by atoms with Gasteiger partial charge in [-0.15, -0.1) is 15.3 Å². The van der Waals surface area contributed by atoms with E-state index in [-0.39, 0.29) is 0 Å². The smallest absolute Gasteiger partial charge is 0.160 e. The second-order valence-electron chi connectivity index (χ2n) is 4.95. The second-order valence-corrected chi connectivity index (χ2v) is 4.95. The largest absolute Gasteiger partial charge is 0.381 e. The molecular formula is C13H14N6O. The molecule has 20 heavy (non-hydrogen) atoms. The molecule has 3 aromatic heterocycles. The van der Waals surface area contributed by atoms with Gasteiger partial charge in [0.15, 0.2) is 11.5 Å². The zero-order valence-corrected chi connectivity index (χ0v) is 10.9. The van der Waals surface area contributed by atoms with Crippen molar-refractivity contribution in [1.29, 1.82) is 0 Å². The van der Waals surface area contributed by atoms with Crippen molar-refractivity contribution >= 4 is 5.65 Å². The van der Waals surface area contributed by atoms with E-state index >= 15 is 0 Å². The van der Waals surface area contributed by atoms with Crippen molar-refractivity contribution < 1.29 is 4.74 Å². The minimum absolute atomic E-state index is 0.374. The van der Waals surface area contributed by atoms with E-state index in [0.29, 0.717) is 12.5 Å². The molecule has 7 heteroatoms. The SMILES string of the molecule is c1ccn2c(Cn3cc([C@H]4CCOC4)nn3)nnc2c1. The Kier molecular flexibility index (Phi) is 2.70. The molecule has 1 saturated heterocycles. The van der Waals surface area contributed by atoms with Gasteiger partial charge in [0.1, 0.15) is 6.54 Å². The van der Waals surface area contributed by atoms with Crippen LogP contribution in [0.1, 0.15) is 23.9 Å². The lowest BCUT2D eigenvalue weighted by Crippen LogP contribution is -2.05. The topological polar surface area (TPSA) is 70.1 Å². The highest BCUT2D eigenvalue weighted by Crippen LogP contribution is 2.22. The number of ether oxygens (including phenoxy) is 1. The quantitative estimate of drug-likeness (QED) is 0.706. The van der Waals surface area contributed by atoms with E-state index in [9.17, 15) is 0 Å². The molecule has 1 aliphatic heterocycles. The monoisotopic (exact) mass is 270 g/mol. The molecule has 102 valence electrons. The predicted octanol–water partition coefficient (Wildman–Crippen LogP) is 0.873. The van der Waals surface area contributed by atoms with Crippen molar-refractivity contribution in [3.8, 4) is 0 Å². The van der Waals surface area contributed by atoms with E-state index in [0.717, 1.165) is 36.8 Å². The van der Waals surface area contributed by atoms with Crippen LogP contribution in [0.3, 0.4) is 0 Å². The minimum atomic E-state index is 0.374. The number of hydrogen-bond acceptors (Lipinski definition) is 5. The van der Waals surface area contributed by atoms with Gasteiger partial charge in [-0.05, 0) is 18.6 Å². The van der Waals surface area contributed by atoms with Crippen LogP contribution in [0.4, 0.5) is 0 Å². The van der Waals surface area contributed by atoms with Gasteiger partial charge in [-0.1, -0.05) is 11.3 Å². The van der Waals surface area contributed by atoms with Gasteiger partial charge >= 0.3 is 0 Å². The molecular weight excluding hydrogens is 256 g/mol. The number of fused-ring (bicyclic) bond motifs is 1. The number of aromatic nitrogens is 6. The molecule has 7 nitrogen and oxygen atoms in total. The summed E-state index contributed by atoms with van der Waals surface area (Å²) in [4.78, 5) is 0. The molecule has 0 spiro atoms. The lowest BCUT2D eigenvalue weighted by Gasteiger charge is -2.01. The van der Waals surface area contributed by atoms with Gasteiger partial charge in [0, 0.05) is 24.9 Å². The van der Waals surface area contributed by atoms with Gasteiger partial charge in [-0.2, -0.15) is 0 Å². The predicted molar refractivity (Wildman–Crippen MR) is 70.3 cm³/mol. The minimum Gasteiger partial charge on any atom is -0.381 e. The molecule has 0 unspecified atom stereocenters. The summed E-state index contributed by atoms with van der Waals surface area (Å²) in [5.41, 5.74) is 1.84. The molecule has 0 aliphatic carbocycles. The first-order valence-electron chi connectivity index (χ1n) is 6.66. The Bertz CT molecular complexity index is 727. The van der Waals surface area contributed by atoms with E-state index in [1.165, 1.54) is 0 Å². The van der Waals surface area contributed by atoms with Gasteiger partial charge in [-0.25, -0.2) is 4.68 Å². The van der Waals surface area contributed by atoms with E-state index in [2.05, 4.69) is 20.5 Å². The van der Waals surface area contributed by atoms with Crippen LogP contribution in [0.15, 0.2) is 30.6 Å². The molecule has 0 amide bonds. The average molecular weight is 270 g/mol. The highest BCUT2D eigenvalue weighted by molar-refractivity contribution is 5.36. The summed E-state index contributed by atoms with van der Waals surface area (Å²) in [5, 5.41) is 16.7. The molecule has 0 aromatic carbocycles. The summed E-state index contributed by atoms with van der Waals surface area (Å²) in [7, 11) is 0. The first-order valence-corrected chi connectivity index (χ1v) is 6.66. The Morgan fingerprint density at radius 3 is 3.15 bits per heavy atom. The molecule has 1 aliphatic rings. The Hall–Kier alpha value is -2.28. The lowest BCUT2D eigenvalue weighted by atomic mass is 10.1. The third-order valence-electron chi connectivity index (χ3n) is 3.59. The molecule has 1 atom stereocenters. The van der Waals surface area contributed by atoms with Crippen molar-refractivity contribution in [3.05, 3.63) is 42.1 Å². The fourth-order valence-electron chi connectivity index (χ4n) is 2.49. The Morgan fingerprint density at radius 2 is 2.25 bits per heavy atom. The molecule has 0 bridgehead atoms. The van der Waals surface area contributed by atoms with E-state index in [1.807, 2.05) is 35.0 Å². The summed E-state index contributed by atoms with van der Waals surface area (Å²) in [6.07, 6.45) is 4.95. The van der Waals surface area contributed by atoms with Crippen molar-refractivity contribution in [3.63, 3.8) is 0 Å². The number of pyridine rings is 1. The maximum Gasteiger partial charge on any atom is 0.160 e. The fourth-order valence-corrected chi connectivity index (χ4v) is 2.49.